The van der Waals surface area contributed by atoms with Crippen molar-refractivity contribution in [3.05, 3.63) is 95.0 Å². The number of furan rings is 1. The highest BCUT2D eigenvalue weighted by Crippen LogP contribution is 2.37. The lowest BCUT2D eigenvalue weighted by molar-refractivity contribution is -0.138. The molecule has 7 nitrogen and oxygen atoms in total. The van der Waals surface area contributed by atoms with Gasteiger partial charge in [0.1, 0.15) is 5.56 Å². The summed E-state index contributed by atoms with van der Waals surface area (Å²) in [6.07, 6.45) is -3.00. The number of nitrogens with one attached hydrogen (secondary N) is 1. The molecule has 1 N–H and O–H groups in total. The van der Waals surface area contributed by atoms with Gasteiger partial charge in [-0.25, -0.2) is 8.78 Å². The maximum absolute atomic E-state index is 14.8. The molecule has 0 radical (unpaired) electrons. The van der Waals surface area contributed by atoms with Crippen LogP contribution in [0.4, 0.5) is 27.6 Å². The van der Waals surface area contributed by atoms with Crippen LogP contribution < -0.4 is 14.8 Å². The van der Waals surface area contributed by atoms with E-state index in [1.807, 2.05) is 0 Å². The van der Waals surface area contributed by atoms with E-state index in [2.05, 4.69) is 16.9 Å². The first-order valence-electron chi connectivity index (χ1n) is 11.1. The number of alkyl halides is 3. The summed E-state index contributed by atoms with van der Waals surface area (Å²) in [6, 6.07) is 6.83. The standard InChI is InChI=1S/C27H19F5N2O5/c1-4-22(35)34-17-7-5-6-16(27(30,31)32)15(17)10-14-8-13-9-20(39-21(13)12-33-14)26(36)23-24(28)18(37-2)11-19(38-3)25(23)29/h4-9,11-12H,1,10H2,2-3H3,(H,34,35). The highest BCUT2D eigenvalue weighted by Gasteiger charge is 2.34. The molecule has 0 saturated heterocycles. The lowest BCUT2D eigenvalue weighted by atomic mass is 9.99. The molecule has 4 rings (SSSR count). The molecule has 0 aliphatic carbocycles. The average molecular weight is 546 g/mol. The fraction of sp³-hybridized carbons (Fsp3) is 0.148. The molecule has 0 saturated carbocycles. The van der Waals surface area contributed by atoms with E-state index in [1.54, 1.807) is 0 Å². The molecule has 0 atom stereocenters. The van der Waals surface area contributed by atoms with Crippen molar-refractivity contribution in [2.45, 2.75) is 12.6 Å². The Kier molecular flexibility index (Phi) is 7.39. The Morgan fingerprint density at radius 2 is 1.74 bits per heavy atom. The molecule has 0 aliphatic rings. The number of rotatable bonds is 8. The number of ether oxygens (including phenoxy) is 2. The molecule has 0 unspecified atom stereocenters. The maximum atomic E-state index is 14.8. The molecule has 0 bridgehead atoms. The molecule has 2 heterocycles. The van der Waals surface area contributed by atoms with E-state index in [9.17, 15) is 31.5 Å². The Balaban J connectivity index is 1.75. The van der Waals surface area contributed by atoms with Gasteiger partial charge in [-0.1, -0.05) is 12.6 Å². The van der Waals surface area contributed by atoms with Crippen molar-refractivity contribution in [1.82, 2.24) is 4.98 Å². The Bertz CT molecular complexity index is 1580. The summed E-state index contributed by atoms with van der Waals surface area (Å²) in [4.78, 5) is 28.9. The van der Waals surface area contributed by atoms with Crippen LogP contribution in [-0.4, -0.2) is 30.9 Å². The van der Waals surface area contributed by atoms with Gasteiger partial charge in [-0.2, -0.15) is 13.2 Å². The Morgan fingerprint density at radius 3 is 2.33 bits per heavy atom. The van der Waals surface area contributed by atoms with Crippen LogP contribution in [0.25, 0.3) is 11.0 Å². The van der Waals surface area contributed by atoms with Crippen LogP contribution in [0.2, 0.25) is 0 Å². The molecule has 2 aromatic carbocycles. The number of carbonyl (C=O) groups excluding carboxylic acids is 2. The smallest absolute Gasteiger partial charge is 0.416 e. The predicted octanol–water partition coefficient (Wildman–Crippen LogP) is 6.09. The number of carbonyl (C=O) groups is 2. The number of hydrogen-bond acceptors (Lipinski definition) is 6. The van der Waals surface area contributed by atoms with Gasteiger partial charge < -0.3 is 19.2 Å². The van der Waals surface area contributed by atoms with Crippen LogP contribution >= 0.6 is 0 Å². The van der Waals surface area contributed by atoms with Crippen LogP contribution in [0.5, 0.6) is 11.5 Å². The molecule has 39 heavy (non-hydrogen) atoms. The van der Waals surface area contributed by atoms with Gasteiger partial charge in [0.15, 0.2) is 34.5 Å². The fourth-order valence-electron chi connectivity index (χ4n) is 3.93. The SMILES string of the molecule is C=CC(=O)Nc1cccc(C(F)(F)F)c1Cc1cc2cc(C(=O)c3c(F)c(OC)cc(OC)c3F)oc2cn1. The first-order valence-corrected chi connectivity index (χ1v) is 11.1. The number of amides is 1. The van der Waals surface area contributed by atoms with E-state index in [0.29, 0.717) is 0 Å². The highest BCUT2D eigenvalue weighted by molar-refractivity contribution is 6.09. The van der Waals surface area contributed by atoms with Crippen molar-refractivity contribution < 1.29 is 45.4 Å². The summed E-state index contributed by atoms with van der Waals surface area (Å²) < 4.78 is 86.0. The number of fused-ring (bicyclic) bond motifs is 1. The van der Waals surface area contributed by atoms with Gasteiger partial charge in [0.25, 0.3) is 0 Å². The third-order valence-corrected chi connectivity index (χ3v) is 5.77. The summed E-state index contributed by atoms with van der Waals surface area (Å²) in [7, 11) is 2.26. The van der Waals surface area contributed by atoms with Crippen LogP contribution in [0, 0.1) is 11.6 Å². The number of halogens is 5. The van der Waals surface area contributed by atoms with Crippen molar-refractivity contribution >= 4 is 28.3 Å². The van der Waals surface area contributed by atoms with E-state index < -0.39 is 57.9 Å². The van der Waals surface area contributed by atoms with Gasteiger partial charge in [0, 0.05) is 29.3 Å². The zero-order valence-electron chi connectivity index (χ0n) is 20.4. The third-order valence-electron chi connectivity index (χ3n) is 5.77. The molecular weight excluding hydrogens is 527 g/mol. The van der Waals surface area contributed by atoms with Gasteiger partial charge in [0.2, 0.25) is 11.7 Å². The zero-order chi connectivity index (χ0) is 28.5. The number of benzene rings is 2. The molecule has 0 aliphatic heterocycles. The second kappa shape index (κ2) is 10.6. The minimum absolute atomic E-state index is 0.0436. The maximum Gasteiger partial charge on any atom is 0.416 e. The fourth-order valence-corrected chi connectivity index (χ4v) is 3.93. The summed E-state index contributed by atoms with van der Waals surface area (Å²) in [5.41, 5.74) is -2.11. The minimum atomic E-state index is -4.73. The van der Waals surface area contributed by atoms with Crippen LogP contribution in [0.15, 0.2) is 59.7 Å². The molecule has 202 valence electrons. The largest absolute Gasteiger partial charge is 0.494 e. The van der Waals surface area contributed by atoms with Crippen LogP contribution in [0.1, 0.15) is 32.9 Å². The molecular formula is C27H19F5N2O5. The molecule has 0 fully saturated rings. The summed E-state index contributed by atoms with van der Waals surface area (Å²) in [5, 5.41) is 2.59. The van der Waals surface area contributed by atoms with Gasteiger partial charge in [0.05, 0.1) is 26.0 Å². The Hall–Kier alpha value is -4.74. The van der Waals surface area contributed by atoms with E-state index >= 15 is 0 Å². The number of aromatic nitrogens is 1. The lowest BCUT2D eigenvalue weighted by Gasteiger charge is -2.17. The Labute approximate surface area is 217 Å². The zero-order valence-corrected chi connectivity index (χ0v) is 20.4. The molecule has 4 aromatic rings. The van der Waals surface area contributed by atoms with E-state index in [4.69, 9.17) is 13.9 Å². The molecule has 1 amide bonds. The van der Waals surface area contributed by atoms with Crippen molar-refractivity contribution in [3.63, 3.8) is 0 Å². The Morgan fingerprint density at radius 1 is 1.08 bits per heavy atom. The summed E-state index contributed by atoms with van der Waals surface area (Å²) in [5.74, 6) is -5.70. The predicted molar refractivity (Wildman–Crippen MR) is 130 cm³/mol. The number of pyridine rings is 1. The summed E-state index contributed by atoms with van der Waals surface area (Å²) >= 11 is 0. The topological polar surface area (TPSA) is 90.7 Å². The number of methoxy groups -OCH3 is 2. The number of nitrogens with zero attached hydrogens (tertiary/aromatic N) is 1. The van der Waals surface area contributed by atoms with Crippen molar-refractivity contribution in [1.29, 1.82) is 0 Å². The second-order valence-electron chi connectivity index (χ2n) is 8.14. The van der Waals surface area contributed by atoms with Crippen LogP contribution in [-0.2, 0) is 17.4 Å². The van der Waals surface area contributed by atoms with E-state index in [-0.39, 0.29) is 34.3 Å². The highest BCUT2D eigenvalue weighted by atomic mass is 19.4. The number of hydrogen-bond donors (Lipinski definition) is 1. The normalized spacial score (nSPS) is 11.4. The van der Waals surface area contributed by atoms with Crippen molar-refractivity contribution in [2.75, 3.05) is 19.5 Å². The first kappa shape index (κ1) is 27.3. The van der Waals surface area contributed by atoms with E-state index in [1.165, 1.54) is 24.4 Å². The number of ketones is 1. The van der Waals surface area contributed by atoms with Crippen LogP contribution in [0.3, 0.4) is 0 Å². The van der Waals surface area contributed by atoms with E-state index in [0.717, 1.165) is 38.5 Å². The van der Waals surface area contributed by atoms with Crippen molar-refractivity contribution in [2.24, 2.45) is 0 Å². The minimum Gasteiger partial charge on any atom is -0.494 e. The lowest BCUT2D eigenvalue weighted by Crippen LogP contribution is -2.15. The van der Waals surface area contributed by atoms with Crippen molar-refractivity contribution in [3.8, 4) is 11.5 Å². The van der Waals surface area contributed by atoms with Gasteiger partial charge >= 0.3 is 6.18 Å². The second-order valence-corrected chi connectivity index (χ2v) is 8.14. The third kappa shape index (κ3) is 5.31. The van der Waals surface area contributed by atoms with Gasteiger partial charge in [-0.05, 0) is 35.9 Å². The van der Waals surface area contributed by atoms with Gasteiger partial charge in [-0.15, -0.1) is 0 Å². The first-order chi connectivity index (χ1) is 18.5. The monoisotopic (exact) mass is 546 g/mol. The molecule has 0 spiro atoms. The summed E-state index contributed by atoms with van der Waals surface area (Å²) in [6.45, 7) is 3.30. The molecule has 12 heteroatoms. The average Bonchev–Trinajstić information content (AvgIpc) is 3.32. The van der Waals surface area contributed by atoms with Gasteiger partial charge in [-0.3, -0.25) is 14.6 Å². The quantitative estimate of drug-likeness (QED) is 0.164. The molecule has 2 aromatic heterocycles. The number of anilines is 1.